The molecule has 0 radical (unpaired) electrons. The molecule has 2 atom stereocenters. The van der Waals surface area contributed by atoms with E-state index in [-0.39, 0.29) is 18.4 Å². The van der Waals surface area contributed by atoms with E-state index in [2.05, 4.69) is 48.5 Å². The molecule has 0 aliphatic heterocycles. The minimum Gasteiger partial charge on any atom is -0.481 e. The van der Waals surface area contributed by atoms with Gasteiger partial charge in [0.05, 0.1) is 23.9 Å². The highest BCUT2D eigenvalue weighted by Crippen LogP contribution is 2.49. The van der Waals surface area contributed by atoms with Crippen LogP contribution in [0.5, 0.6) is 0 Å². The van der Waals surface area contributed by atoms with Gasteiger partial charge in [0.2, 0.25) is 0 Å². The highest BCUT2D eigenvalue weighted by molar-refractivity contribution is 6.02. The summed E-state index contributed by atoms with van der Waals surface area (Å²) in [6.07, 6.45) is 0.0651. The number of nitrogens with one attached hydrogen (secondary N) is 3. The van der Waals surface area contributed by atoms with Crippen LogP contribution in [0.25, 0.3) is 0 Å². The minimum atomic E-state index is -0.788. The minimum absolute atomic E-state index is 0.0433. The average molecular weight is 511 g/mol. The Hall–Kier alpha value is -3.75. The smallest absolute Gasteiger partial charge is 0.411 e. The fourth-order valence-electron chi connectivity index (χ4n) is 4.36. The molecule has 4 N–H and O–H groups in total. The van der Waals surface area contributed by atoms with Gasteiger partial charge in [-0.3, -0.25) is 10.1 Å². The summed E-state index contributed by atoms with van der Waals surface area (Å²) in [5.41, 5.74) is 3.57. The summed E-state index contributed by atoms with van der Waals surface area (Å²) < 4.78 is 4.87. The highest BCUT2D eigenvalue weighted by Gasteiger charge is 2.44. The second-order valence-electron chi connectivity index (χ2n) is 10.3. The number of hydrogen-bond acceptors (Lipinski definition) is 5. The Balaban J connectivity index is 1.79. The summed E-state index contributed by atoms with van der Waals surface area (Å²) in [4.78, 5) is 38.3. The van der Waals surface area contributed by atoms with Gasteiger partial charge in [-0.2, -0.15) is 0 Å². The van der Waals surface area contributed by atoms with Gasteiger partial charge in [-0.1, -0.05) is 33.8 Å². The topological polar surface area (TPSA) is 120 Å². The zero-order chi connectivity index (χ0) is 27.1. The van der Waals surface area contributed by atoms with E-state index in [0.29, 0.717) is 35.3 Å². The second kappa shape index (κ2) is 12.5. The predicted octanol–water partition coefficient (Wildman–Crippen LogP) is 6.21. The standard InChI is InChI=1S/C28H38N4O5/c1-6-37-28(36)30-21-10-8-20(9-11-21)29-27(35)31-24-13-19(22-14-23(22)26(33)34)7-12-25(24)32(15-17(2)3)16-18(4)5/h7-13,17-18,22-23H,6,14-16H2,1-5H3,(H,30,36)(H,33,34)(H2,29,31,35)/t22-,23-/m0/s1. The zero-order valence-corrected chi connectivity index (χ0v) is 22.2. The molecule has 0 spiro atoms. The molecule has 1 aliphatic rings. The normalized spacial score (nSPS) is 16.3. The first-order valence-corrected chi connectivity index (χ1v) is 12.8. The summed E-state index contributed by atoms with van der Waals surface area (Å²) in [6.45, 7) is 12.3. The third-order valence-electron chi connectivity index (χ3n) is 5.98. The molecule has 200 valence electrons. The third-order valence-corrected chi connectivity index (χ3v) is 5.98. The number of urea groups is 1. The molecule has 2 aromatic carbocycles. The first-order chi connectivity index (χ1) is 17.6. The van der Waals surface area contributed by atoms with Crippen LogP contribution < -0.4 is 20.9 Å². The number of aliphatic carboxylic acids is 1. The fourth-order valence-corrected chi connectivity index (χ4v) is 4.36. The molecular formula is C28H38N4O5. The number of carboxylic acids is 1. The van der Waals surface area contributed by atoms with Crippen molar-refractivity contribution in [3.05, 3.63) is 48.0 Å². The Bertz CT molecular complexity index is 1090. The van der Waals surface area contributed by atoms with Crippen molar-refractivity contribution < 1.29 is 24.2 Å². The van der Waals surface area contributed by atoms with Gasteiger partial charge in [0, 0.05) is 24.5 Å². The van der Waals surface area contributed by atoms with Crippen LogP contribution in [-0.4, -0.2) is 42.9 Å². The van der Waals surface area contributed by atoms with Crippen molar-refractivity contribution in [3.63, 3.8) is 0 Å². The molecule has 3 amide bonds. The van der Waals surface area contributed by atoms with Gasteiger partial charge in [0.25, 0.3) is 0 Å². The van der Waals surface area contributed by atoms with E-state index in [1.165, 1.54) is 0 Å². The fraction of sp³-hybridized carbons (Fsp3) is 0.464. The molecule has 2 aromatic rings. The van der Waals surface area contributed by atoms with Crippen molar-refractivity contribution >= 4 is 40.8 Å². The van der Waals surface area contributed by atoms with E-state index in [0.717, 1.165) is 24.3 Å². The molecule has 9 nitrogen and oxygen atoms in total. The van der Waals surface area contributed by atoms with E-state index in [1.807, 2.05) is 18.2 Å². The third kappa shape index (κ3) is 8.13. The van der Waals surface area contributed by atoms with Gasteiger partial charge in [0.15, 0.2) is 0 Å². The summed E-state index contributed by atoms with van der Waals surface area (Å²) in [5, 5.41) is 17.8. The van der Waals surface area contributed by atoms with Crippen LogP contribution in [0.15, 0.2) is 42.5 Å². The highest BCUT2D eigenvalue weighted by atomic mass is 16.5. The monoisotopic (exact) mass is 510 g/mol. The van der Waals surface area contributed by atoms with E-state index in [4.69, 9.17) is 4.74 Å². The number of carbonyl (C=O) groups excluding carboxylic acids is 2. The SMILES string of the molecule is CCOC(=O)Nc1ccc(NC(=O)Nc2cc([C@@H]3C[C@@H]3C(=O)O)ccc2N(CC(C)C)CC(C)C)cc1. The predicted molar refractivity (Wildman–Crippen MR) is 147 cm³/mol. The maximum atomic E-state index is 13.0. The number of anilines is 4. The van der Waals surface area contributed by atoms with Crippen molar-refractivity contribution in [2.24, 2.45) is 17.8 Å². The number of amides is 3. The summed E-state index contributed by atoms with van der Waals surface area (Å²) in [5.74, 6) is -0.373. The summed E-state index contributed by atoms with van der Waals surface area (Å²) >= 11 is 0. The largest absolute Gasteiger partial charge is 0.481 e. The van der Waals surface area contributed by atoms with Crippen LogP contribution >= 0.6 is 0 Å². The Kier molecular flexibility index (Phi) is 9.38. The molecule has 0 heterocycles. The summed E-state index contributed by atoms with van der Waals surface area (Å²) in [7, 11) is 0. The zero-order valence-electron chi connectivity index (χ0n) is 22.2. The second-order valence-corrected chi connectivity index (χ2v) is 10.3. The van der Waals surface area contributed by atoms with Gasteiger partial charge in [-0.05, 0) is 73.1 Å². The van der Waals surface area contributed by atoms with Gasteiger partial charge >= 0.3 is 18.1 Å². The van der Waals surface area contributed by atoms with Crippen LogP contribution in [-0.2, 0) is 9.53 Å². The van der Waals surface area contributed by atoms with E-state index in [9.17, 15) is 19.5 Å². The molecule has 0 bridgehead atoms. The lowest BCUT2D eigenvalue weighted by Crippen LogP contribution is -2.32. The van der Waals surface area contributed by atoms with E-state index < -0.39 is 18.1 Å². The summed E-state index contributed by atoms with van der Waals surface area (Å²) in [6, 6.07) is 12.2. The number of hydrogen-bond donors (Lipinski definition) is 4. The lowest BCUT2D eigenvalue weighted by molar-refractivity contribution is -0.138. The molecular weight excluding hydrogens is 472 g/mol. The van der Waals surface area contributed by atoms with Crippen molar-refractivity contribution in [2.45, 2.75) is 47.0 Å². The molecule has 9 heteroatoms. The Labute approximate surface area is 218 Å². The molecule has 1 fully saturated rings. The first kappa shape index (κ1) is 27.8. The van der Waals surface area contributed by atoms with E-state index in [1.54, 1.807) is 31.2 Å². The number of carboxylic acid groups (broad SMARTS) is 1. The van der Waals surface area contributed by atoms with Crippen molar-refractivity contribution in [1.82, 2.24) is 0 Å². The maximum Gasteiger partial charge on any atom is 0.411 e. The number of benzene rings is 2. The van der Waals surface area contributed by atoms with Crippen LogP contribution in [0.1, 0.15) is 52.5 Å². The molecule has 1 aliphatic carbocycles. The lowest BCUT2D eigenvalue weighted by atomic mass is 10.0. The van der Waals surface area contributed by atoms with Gasteiger partial charge in [-0.15, -0.1) is 0 Å². The number of carbonyl (C=O) groups is 3. The van der Waals surface area contributed by atoms with Crippen LogP contribution in [0.4, 0.5) is 32.3 Å². The quantitative estimate of drug-likeness (QED) is 0.285. The number of nitrogens with zero attached hydrogens (tertiary/aromatic N) is 1. The number of ether oxygens (including phenoxy) is 1. The van der Waals surface area contributed by atoms with Crippen LogP contribution in [0.3, 0.4) is 0 Å². The molecule has 0 saturated heterocycles. The Morgan fingerprint density at radius 1 is 0.946 bits per heavy atom. The molecule has 0 unspecified atom stereocenters. The Morgan fingerprint density at radius 2 is 1.54 bits per heavy atom. The van der Waals surface area contributed by atoms with Crippen LogP contribution in [0, 0.1) is 17.8 Å². The number of rotatable bonds is 11. The van der Waals surface area contributed by atoms with Gasteiger partial charge in [0.1, 0.15) is 0 Å². The maximum absolute atomic E-state index is 13.0. The van der Waals surface area contributed by atoms with Crippen molar-refractivity contribution in [1.29, 1.82) is 0 Å². The molecule has 0 aromatic heterocycles. The molecule has 1 saturated carbocycles. The average Bonchev–Trinajstić information content (AvgIpc) is 3.61. The molecule has 37 heavy (non-hydrogen) atoms. The van der Waals surface area contributed by atoms with Gasteiger partial charge < -0.3 is 25.4 Å². The van der Waals surface area contributed by atoms with Gasteiger partial charge in [-0.25, -0.2) is 9.59 Å². The molecule has 3 rings (SSSR count). The Morgan fingerprint density at radius 3 is 2.05 bits per heavy atom. The van der Waals surface area contributed by atoms with Crippen molar-refractivity contribution in [2.75, 3.05) is 40.5 Å². The van der Waals surface area contributed by atoms with E-state index >= 15 is 0 Å². The van der Waals surface area contributed by atoms with Crippen molar-refractivity contribution in [3.8, 4) is 0 Å². The van der Waals surface area contributed by atoms with Crippen LogP contribution in [0.2, 0.25) is 0 Å². The lowest BCUT2D eigenvalue weighted by Gasteiger charge is -2.30. The first-order valence-electron chi connectivity index (χ1n) is 12.8.